The van der Waals surface area contributed by atoms with Gasteiger partial charge in [-0.2, -0.15) is 16.4 Å². The Labute approximate surface area is 126 Å². The highest BCUT2D eigenvalue weighted by atomic mass is 32.1. The summed E-state index contributed by atoms with van der Waals surface area (Å²) in [7, 11) is 1.65. The summed E-state index contributed by atoms with van der Waals surface area (Å²) in [5, 5.41) is 32.5. The van der Waals surface area contributed by atoms with Crippen molar-refractivity contribution in [1.82, 2.24) is 9.78 Å². The first kappa shape index (κ1) is 15.5. The van der Waals surface area contributed by atoms with Crippen LogP contribution in [0.3, 0.4) is 0 Å². The van der Waals surface area contributed by atoms with Crippen LogP contribution in [-0.4, -0.2) is 26.4 Å². The summed E-state index contributed by atoms with van der Waals surface area (Å²) in [4.78, 5) is 10.8. The number of nitrogens with zero attached hydrogens (tertiary/aromatic N) is 3. The van der Waals surface area contributed by atoms with Crippen LogP contribution in [0.4, 0.5) is 11.5 Å². The van der Waals surface area contributed by atoms with Crippen molar-refractivity contribution in [2.45, 2.75) is 25.9 Å². The molecule has 2 aromatic heterocycles. The van der Waals surface area contributed by atoms with Gasteiger partial charge in [-0.1, -0.05) is 6.92 Å². The average molecular weight is 310 g/mol. The molecule has 0 radical (unpaired) electrons. The first-order valence-electron chi connectivity index (χ1n) is 6.56. The summed E-state index contributed by atoms with van der Waals surface area (Å²) < 4.78 is 1.45. The van der Waals surface area contributed by atoms with E-state index in [9.17, 15) is 15.2 Å². The van der Waals surface area contributed by atoms with Crippen LogP contribution < -0.4 is 5.32 Å². The lowest BCUT2D eigenvalue weighted by Crippen LogP contribution is -2.31. The van der Waals surface area contributed by atoms with E-state index in [1.165, 1.54) is 16.0 Å². The molecule has 1 atom stereocenters. The van der Waals surface area contributed by atoms with Crippen molar-refractivity contribution in [3.8, 4) is 0 Å². The van der Waals surface area contributed by atoms with Crippen molar-refractivity contribution in [2.75, 3.05) is 11.9 Å². The topological polar surface area (TPSA) is 93.2 Å². The molecule has 0 spiro atoms. The molecule has 0 aliphatic carbocycles. The van der Waals surface area contributed by atoms with Crippen molar-refractivity contribution in [2.24, 2.45) is 7.05 Å². The second-order valence-electron chi connectivity index (χ2n) is 5.02. The summed E-state index contributed by atoms with van der Waals surface area (Å²) in [5.41, 5.74) is 0.0756. The monoisotopic (exact) mass is 310 g/mol. The van der Waals surface area contributed by atoms with E-state index in [2.05, 4.69) is 10.4 Å². The summed E-state index contributed by atoms with van der Waals surface area (Å²) in [5.74, 6) is 0.312. The van der Waals surface area contributed by atoms with E-state index in [1.807, 2.05) is 23.8 Å². The zero-order valence-corrected chi connectivity index (χ0v) is 13.0. The molecule has 114 valence electrons. The molecule has 2 N–H and O–H groups in total. The Balaban J connectivity index is 2.24. The maximum absolute atomic E-state index is 11.2. The minimum absolute atomic E-state index is 0.0267. The van der Waals surface area contributed by atoms with Crippen LogP contribution in [0, 0.1) is 10.1 Å². The number of rotatable bonds is 6. The molecule has 0 aliphatic heterocycles. The highest BCUT2D eigenvalue weighted by Crippen LogP contribution is 2.30. The second-order valence-corrected chi connectivity index (χ2v) is 5.80. The minimum atomic E-state index is -1.11. The fraction of sp³-hybridized carbons (Fsp3) is 0.462. The Morgan fingerprint density at radius 2 is 2.33 bits per heavy atom. The molecule has 2 aromatic rings. The lowest BCUT2D eigenvalue weighted by atomic mass is 9.99. The number of aliphatic hydroxyl groups is 1. The maximum Gasteiger partial charge on any atom is 0.333 e. The third-order valence-corrected chi connectivity index (χ3v) is 4.04. The average Bonchev–Trinajstić information content (AvgIpc) is 3.04. The van der Waals surface area contributed by atoms with Crippen LogP contribution in [0.15, 0.2) is 16.8 Å². The molecule has 0 aromatic carbocycles. The van der Waals surface area contributed by atoms with E-state index in [0.29, 0.717) is 17.9 Å². The largest absolute Gasteiger partial charge is 0.384 e. The van der Waals surface area contributed by atoms with Gasteiger partial charge in [0.25, 0.3) is 0 Å². The molecule has 2 heterocycles. The number of hydrogen-bond donors (Lipinski definition) is 2. The predicted molar refractivity (Wildman–Crippen MR) is 81.6 cm³/mol. The van der Waals surface area contributed by atoms with Gasteiger partial charge in [0.2, 0.25) is 5.82 Å². The van der Waals surface area contributed by atoms with Gasteiger partial charge in [0.05, 0.1) is 4.92 Å². The zero-order chi connectivity index (χ0) is 15.6. The van der Waals surface area contributed by atoms with E-state index < -0.39 is 10.5 Å². The summed E-state index contributed by atoms with van der Waals surface area (Å²) >= 11 is 1.49. The van der Waals surface area contributed by atoms with Crippen LogP contribution >= 0.6 is 11.3 Å². The van der Waals surface area contributed by atoms with E-state index in [0.717, 1.165) is 5.56 Å². The lowest BCUT2D eigenvalue weighted by molar-refractivity contribution is -0.384. The van der Waals surface area contributed by atoms with Crippen LogP contribution in [0.2, 0.25) is 0 Å². The Morgan fingerprint density at radius 3 is 2.86 bits per heavy atom. The number of nitrogens with one attached hydrogen (secondary N) is 1. The van der Waals surface area contributed by atoms with Gasteiger partial charge in [-0.15, -0.1) is 0 Å². The highest BCUT2D eigenvalue weighted by Gasteiger charge is 2.29. The van der Waals surface area contributed by atoms with Gasteiger partial charge in [-0.3, -0.25) is 10.1 Å². The van der Waals surface area contributed by atoms with E-state index in [-0.39, 0.29) is 12.2 Å². The van der Waals surface area contributed by atoms with Gasteiger partial charge in [-0.25, -0.2) is 4.68 Å². The third kappa shape index (κ3) is 3.06. The zero-order valence-electron chi connectivity index (χ0n) is 12.2. The number of nitro groups is 1. The fourth-order valence-electron chi connectivity index (χ4n) is 2.13. The van der Waals surface area contributed by atoms with E-state index in [4.69, 9.17) is 0 Å². The SMILES string of the molecule is CCc1nn(C)c(NCC(C)(O)c2ccsc2)c1[N+](=O)[O-]. The number of aromatic nitrogens is 2. The van der Waals surface area contributed by atoms with Crippen molar-refractivity contribution in [1.29, 1.82) is 0 Å². The molecule has 0 fully saturated rings. The highest BCUT2D eigenvalue weighted by molar-refractivity contribution is 7.08. The maximum atomic E-state index is 11.2. The van der Waals surface area contributed by atoms with E-state index >= 15 is 0 Å². The van der Waals surface area contributed by atoms with Crippen LogP contribution in [0.25, 0.3) is 0 Å². The molecule has 0 saturated heterocycles. The molecular formula is C13H18N4O3S. The van der Waals surface area contributed by atoms with Gasteiger partial charge in [0.15, 0.2) is 0 Å². The number of thiophene rings is 1. The first-order chi connectivity index (χ1) is 9.86. The number of anilines is 1. The first-order valence-corrected chi connectivity index (χ1v) is 7.50. The molecule has 0 saturated carbocycles. The quantitative estimate of drug-likeness (QED) is 0.630. The second kappa shape index (κ2) is 5.82. The van der Waals surface area contributed by atoms with Gasteiger partial charge in [0, 0.05) is 13.6 Å². The Hall–Kier alpha value is -1.93. The van der Waals surface area contributed by atoms with Gasteiger partial charge in [-0.05, 0) is 35.7 Å². The van der Waals surface area contributed by atoms with Crippen molar-refractivity contribution < 1.29 is 10.0 Å². The molecule has 0 amide bonds. The standard InChI is InChI=1S/C13H18N4O3S/c1-4-10-11(17(19)20)12(16(3)15-10)14-8-13(2,18)9-5-6-21-7-9/h5-7,14,18H,4,8H2,1-3H3. The third-order valence-electron chi connectivity index (χ3n) is 3.35. The Kier molecular flexibility index (Phi) is 4.29. The van der Waals surface area contributed by atoms with Gasteiger partial charge in [0.1, 0.15) is 11.3 Å². The summed E-state index contributed by atoms with van der Waals surface area (Å²) in [6, 6.07) is 1.83. The van der Waals surface area contributed by atoms with Crippen LogP contribution in [-0.2, 0) is 19.1 Å². The molecule has 0 bridgehead atoms. The lowest BCUT2D eigenvalue weighted by Gasteiger charge is -2.23. The molecule has 2 rings (SSSR count). The molecule has 7 nitrogen and oxygen atoms in total. The Morgan fingerprint density at radius 1 is 1.62 bits per heavy atom. The molecule has 8 heteroatoms. The smallest absolute Gasteiger partial charge is 0.333 e. The van der Waals surface area contributed by atoms with Gasteiger partial charge >= 0.3 is 5.69 Å². The van der Waals surface area contributed by atoms with Crippen molar-refractivity contribution >= 4 is 22.8 Å². The number of hydrogen-bond acceptors (Lipinski definition) is 6. The van der Waals surface area contributed by atoms with Crippen molar-refractivity contribution in [3.05, 3.63) is 38.2 Å². The summed E-state index contributed by atoms with van der Waals surface area (Å²) in [6.07, 6.45) is 0.479. The number of aryl methyl sites for hydroxylation is 2. The van der Waals surface area contributed by atoms with E-state index in [1.54, 1.807) is 14.0 Å². The normalized spacial score (nSPS) is 13.9. The summed E-state index contributed by atoms with van der Waals surface area (Å²) in [6.45, 7) is 3.65. The molecule has 0 aliphatic rings. The van der Waals surface area contributed by atoms with Crippen molar-refractivity contribution in [3.63, 3.8) is 0 Å². The fourth-order valence-corrected chi connectivity index (χ4v) is 2.91. The molecule has 21 heavy (non-hydrogen) atoms. The Bertz CT molecular complexity index is 634. The van der Waals surface area contributed by atoms with Gasteiger partial charge < -0.3 is 10.4 Å². The molecule has 1 unspecified atom stereocenters. The van der Waals surface area contributed by atoms with Crippen LogP contribution in [0.5, 0.6) is 0 Å². The minimum Gasteiger partial charge on any atom is -0.384 e. The predicted octanol–water partition coefficient (Wildman–Crippen LogP) is 2.27. The molecular weight excluding hydrogens is 292 g/mol. The van der Waals surface area contributed by atoms with Crippen LogP contribution in [0.1, 0.15) is 25.1 Å².